The molecule has 240 valence electrons. The number of hydrogen-bond donors (Lipinski definition) is 1. The number of benzene rings is 3. The third-order valence-corrected chi connectivity index (χ3v) is 9.09. The Bertz CT molecular complexity index is 1350. The number of hydrogen-bond acceptors (Lipinski definition) is 7. The molecule has 0 aliphatic carbocycles. The van der Waals surface area contributed by atoms with Gasteiger partial charge in [0.2, 0.25) is 0 Å². The number of nitrogens with zero attached hydrogens (tertiary/aromatic N) is 4. The summed E-state index contributed by atoms with van der Waals surface area (Å²) in [5, 5.41) is 11.3. The van der Waals surface area contributed by atoms with Crippen LogP contribution in [-0.2, 0) is 22.6 Å². The van der Waals surface area contributed by atoms with Gasteiger partial charge in [-0.05, 0) is 53.1 Å². The minimum atomic E-state index is -0.265. The molecule has 0 atom stereocenters. The van der Waals surface area contributed by atoms with Crippen molar-refractivity contribution >= 4 is 6.08 Å². The molecule has 9 heteroatoms. The van der Waals surface area contributed by atoms with Crippen LogP contribution in [0.3, 0.4) is 0 Å². The van der Waals surface area contributed by atoms with Gasteiger partial charge in [-0.1, -0.05) is 36.4 Å². The van der Waals surface area contributed by atoms with Crippen LogP contribution in [0.4, 0.5) is 8.78 Å². The first-order chi connectivity index (χ1) is 22.0. The van der Waals surface area contributed by atoms with Gasteiger partial charge in [-0.3, -0.25) is 19.6 Å². The fourth-order valence-corrected chi connectivity index (χ4v) is 6.58. The van der Waals surface area contributed by atoms with Gasteiger partial charge in [0.1, 0.15) is 17.4 Å². The lowest BCUT2D eigenvalue weighted by Gasteiger charge is -2.39. The summed E-state index contributed by atoms with van der Waals surface area (Å²) in [7, 11) is 0. The Hall–Kier alpha value is -3.18. The summed E-state index contributed by atoms with van der Waals surface area (Å²) in [6, 6.07) is 17.5. The summed E-state index contributed by atoms with van der Waals surface area (Å²) in [5.74, 6) is -0.173. The Morgan fingerprint density at radius 3 is 1.76 bits per heavy atom. The van der Waals surface area contributed by atoms with E-state index in [1.165, 1.54) is 29.8 Å². The molecule has 0 spiro atoms. The van der Waals surface area contributed by atoms with Gasteiger partial charge in [0, 0.05) is 83.1 Å². The zero-order valence-corrected chi connectivity index (χ0v) is 25.9. The Labute approximate surface area is 265 Å². The summed E-state index contributed by atoms with van der Waals surface area (Å²) in [4.78, 5) is 9.55. The number of aromatic hydroxyl groups is 1. The van der Waals surface area contributed by atoms with E-state index in [1.807, 2.05) is 24.3 Å². The second kappa shape index (κ2) is 15.4. The SMILES string of the molecule is Oc1c(C=CCN2CCN(C(c3ccc(F)cc3)c3ccc(F)cc3)CC2)cc(CN2CCOCC2)cc1CN1CCOCC1. The lowest BCUT2D eigenvalue weighted by atomic mass is 9.96. The third-order valence-electron chi connectivity index (χ3n) is 9.09. The fourth-order valence-electron chi connectivity index (χ4n) is 6.58. The number of halogens is 2. The quantitative estimate of drug-likeness (QED) is 0.352. The molecular weight excluding hydrogens is 574 g/mol. The van der Waals surface area contributed by atoms with Gasteiger partial charge in [-0.15, -0.1) is 0 Å². The minimum Gasteiger partial charge on any atom is -0.507 e. The maximum Gasteiger partial charge on any atom is 0.127 e. The molecule has 3 aromatic carbocycles. The van der Waals surface area contributed by atoms with Gasteiger partial charge in [0.25, 0.3) is 0 Å². The topological polar surface area (TPSA) is 51.7 Å². The Kier molecular flexibility index (Phi) is 10.9. The van der Waals surface area contributed by atoms with Crippen LogP contribution in [0.5, 0.6) is 5.75 Å². The molecule has 3 aliphatic heterocycles. The number of piperazine rings is 1. The van der Waals surface area contributed by atoms with Crippen molar-refractivity contribution in [2.45, 2.75) is 19.1 Å². The smallest absolute Gasteiger partial charge is 0.127 e. The first-order valence-corrected chi connectivity index (χ1v) is 16.1. The van der Waals surface area contributed by atoms with E-state index in [0.29, 0.717) is 12.3 Å². The van der Waals surface area contributed by atoms with Crippen molar-refractivity contribution in [2.24, 2.45) is 0 Å². The highest BCUT2D eigenvalue weighted by Gasteiger charge is 2.26. The molecular formula is C36H44F2N4O3. The molecule has 0 saturated carbocycles. The fraction of sp³-hybridized carbons (Fsp3) is 0.444. The Morgan fingerprint density at radius 1 is 0.667 bits per heavy atom. The van der Waals surface area contributed by atoms with Crippen LogP contribution in [0.1, 0.15) is 33.9 Å². The number of ether oxygens (including phenoxy) is 2. The monoisotopic (exact) mass is 618 g/mol. The molecule has 3 fully saturated rings. The second-order valence-electron chi connectivity index (χ2n) is 12.2. The van der Waals surface area contributed by atoms with Crippen LogP contribution in [-0.4, -0.2) is 110 Å². The van der Waals surface area contributed by atoms with Gasteiger partial charge < -0.3 is 14.6 Å². The molecule has 0 radical (unpaired) electrons. The maximum absolute atomic E-state index is 13.7. The third kappa shape index (κ3) is 8.55. The molecule has 45 heavy (non-hydrogen) atoms. The molecule has 3 heterocycles. The van der Waals surface area contributed by atoms with Crippen LogP contribution in [0.2, 0.25) is 0 Å². The van der Waals surface area contributed by atoms with Crippen LogP contribution >= 0.6 is 0 Å². The van der Waals surface area contributed by atoms with Crippen molar-refractivity contribution in [3.63, 3.8) is 0 Å². The standard InChI is InChI=1S/C36H44F2N4O3/c37-33-7-3-29(4-8-33)35(30-5-9-34(38)10-6-30)42-14-12-39(13-15-42)11-1-2-31-24-28(26-40-16-20-44-21-17-40)25-32(36(31)43)27-41-18-22-45-23-19-41/h1-10,24-25,35,43H,11-23,26-27H2. The first-order valence-electron chi connectivity index (χ1n) is 16.1. The highest BCUT2D eigenvalue weighted by atomic mass is 19.1. The molecule has 1 N–H and O–H groups in total. The molecule has 3 saturated heterocycles. The van der Waals surface area contributed by atoms with Crippen LogP contribution in [0.25, 0.3) is 6.08 Å². The van der Waals surface area contributed by atoms with Crippen molar-refractivity contribution in [1.29, 1.82) is 0 Å². The van der Waals surface area contributed by atoms with Gasteiger partial charge in [-0.2, -0.15) is 0 Å². The van der Waals surface area contributed by atoms with E-state index in [0.717, 1.165) is 114 Å². The summed E-state index contributed by atoms with van der Waals surface area (Å²) < 4.78 is 38.5. The molecule has 0 aromatic heterocycles. The second-order valence-corrected chi connectivity index (χ2v) is 12.2. The van der Waals surface area contributed by atoms with Gasteiger partial charge in [0.15, 0.2) is 0 Å². The van der Waals surface area contributed by atoms with Crippen molar-refractivity contribution in [3.8, 4) is 5.75 Å². The number of morpholine rings is 2. The summed E-state index contributed by atoms with van der Waals surface area (Å²) in [5.41, 5.74) is 5.02. The van der Waals surface area contributed by atoms with E-state index in [9.17, 15) is 13.9 Å². The normalized spacial score (nSPS) is 19.5. The van der Waals surface area contributed by atoms with Crippen molar-refractivity contribution in [3.05, 3.63) is 106 Å². The van der Waals surface area contributed by atoms with Gasteiger partial charge >= 0.3 is 0 Å². The van der Waals surface area contributed by atoms with Gasteiger partial charge in [-0.25, -0.2) is 8.78 Å². The summed E-state index contributed by atoms with van der Waals surface area (Å²) in [6.07, 6.45) is 4.21. The molecule has 3 aliphatic rings. The van der Waals surface area contributed by atoms with E-state index in [-0.39, 0.29) is 17.7 Å². The predicted molar refractivity (Wildman–Crippen MR) is 172 cm³/mol. The Balaban J connectivity index is 1.12. The lowest BCUT2D eigenvalue weighted by Crippen LogP contribution is -2.47. The van der Waals surface area contributed by atoms with Crippen molar-refractivity contribution in [2.75, 3.05) is 85.3 Å². The summed E-state index contributed by atoms with van der Waals surface area (Å²) >= 11 is 0. The molecule has 3 aromatic rings. The van der Waals surface area contributed by atoms with Crippen LogP contribution in [0.15, 0.2) is 66.7 Å². The maximum atomic E-state index is 13.7. The predicted octanol–water partition coefficient (Wildman–Crippen LogP) is 4.76. The minimum absolute atomic E-state index is 0.0695. The average Bonchev–Trinajstić information content (AvgIpc) is 3.06. The number of phenols is 1. The highest BCUT2D eigenvalue weighted by Crippen LogP contribution is 2.31. The molecule has 7 nitrogen and oxygen atoms in total. The first kappa shape index (κ1) is 31.8. The van der Waals surface area contributed by atoms with E-state index < -0.39 is 0 Å². The molecule has 0 amide bonds. The van der Waals surface area contributed by atoms with E-state index in [4.69, 9.17) is 9.47 Å². The largest absolute Gasteiger partial charge is 0.507 e. The van der Waals surface area contributed by atoms with E-state index in [2.05, 4.69) is 43.9 Å². The highest BCUT2D eigenvalue weighted by molar-refractivity contribution is 5.61. The van der Waals surface area contributed by atoms with Crippen LogP contribution in [0, 0.1) is 11.6 Å². The van der Waals surface area contributed by atoms with Crippen molar-refractivity contribution in [1.82, 2.24) is 19.6 Å². The molecule has 6 rings (SSSR count). The number of phenolic OH excluding ortho intramolecular Hbond substituents is 1. The molecule has 0 unspecified atom stereocenters. The summed E-state index contributed by atoms with van der Waals surface area (Å²) in [6.45, 7) is 12.3. The van der Waals surface area contributed by atoms with E-state index in [1.54, 1.807) is 0 Å². The van der Waals surface area contributed by atoms with E-state index >= 15 is 0 Å². The van der Waals surface area contributed by atoms with Gasteiger partial charge in [0.05, 0.1) is 32.5 Å². The molecule has 0 bridgehead atoms. The lowest BCUT2D eigenvalue weighted by molar-refractivity contribution is 0.0331. The van der Waals surface area contributed by atoms with Crippen molar-refractivity contribution < 1.29 is 23.4 Å². The van der Waals surface area contributed by atoms with Crippen LogP contribution < -0.4 is 0 Å². The number of rotatable bonds is 10. The Morgan fingerprint density at radius 2 is 1.20 bits per heavy atom. The average molecular weight is 619 g/mol. The zero-order valence-electron chi connectivity index (χ0n) is 25.9. The zero-order chi connectivity index (χ0) is 31.0.